The van der Waals surface area contributed by atoms with Crippen LogP contribution in [0.15, 0.2) is 11.3 Å². The first-order chi connectivity index (χ1) is 6.04. The first kappa shape index (κ1) is 12.3. The molecule has 13 heavy (non-hydrogen) atoms. The molecule has 0 amide bonds. The van der Waals surface area contributed by atoms with Gasteiger partial charge in [0.05, 0.1) is 6.61 Å². The molecule has 0 heterocycles. The lowest BCUT2D eigenvalue weighted by Crippen LogP contribution is -2.24. The number of hydrogen-bond acceptors (Lipinski definition) is 4. The number of alkyl halides is 1. The quantitative estimate of drug-likeness (QED) is 0.514. The molecule has 0 aliphatic heterocycles. The van der Waals surface area contributed by atoms with Crippen molar-refractivity contribution in [3.63, 3.8) is 0 Å². The minimum absolute atomic E-state index is 0.189. The Labute approximate surface area is 82.9 Å². The molecule has 76 valence electrons. The summed E-state index contributed by atoms with van der Waals surface area (Å²) in [6.45, 7) is 3.87. The molecule has 0 bridgehead atoms. The molecule has 0 radical (unpaired) electrons. The van der Waals surface area contributed by atoms with E-state index in [0.29, 0.717) is 17.9 Å². The number of hydrogen-bond donors (Lipinski definition) is 2. The summed E-state index contributed by atoms with van der Waals surface area (Å²) in [5, 5.41) is -0.830. The van der Waals surface area contributed by atoms with Crippen molar-refractivity contribution in [2.45, 2.75) is 19.2 Å². The van der Waals surface area contributed by atoms with Crippen LogP contribution in [0.5, 0.6) is 0 Å². The van der Waals surface area contributed by atoms with E-state index in [0.717, 1.165) is 0 Å². The Kier molecular flexibility index (Phi) is 5.50. The zero-order valence-electron chi connectivity index (χ0n) is 7.84. The molecule has 0 aromatic heterocycles. The van der Waals surface area contributed by atoms with Gasteiger partial charge in [0.1, 0.15) is 0 Å². The first-order valence-corrected chi connectivity index (χ1v) is 4.44. The van der Waals surface area contributed by atoms with Gasteiger partial charge in [-0.3, -0.25) is 4.79 Å². The number of carbonyl (C=O) groups excluding carboxylic acids is 1. The van der Waals surface area contributed by atoms with Crippen LogP contribution in [0.3, 0.4) is 0 Å². The molecule has 4 nitrogen and oxygen atoms in total. The molecule has 5 heteroatoms. The second-order valence-electron chi connectivity index (χ2n) is 2.53. The Morgan fingerprint density at radius 1 is 1.62 bits per heavy atom. The predicted octanol–water partition coefficient (Wildman–Crippen LogP) is 0.348. The van der Waals surface area contributed by atoms with Gasteiger partial charge in [0, 0.05) is 12.2 Å². The molecule has 0 aromatic carbocycles. The van der Waals surface area contributed by atoms with Gasteiger partial charge in [-0.15, -0.1) is 11.6 Å². The van der Waals surface area contributed by atoms with E-state index in [-0.39, 0.29) is 6.54 Å². The largest absolute Gasteiger partial charge is 0.465 e. The van der Waals surface area contributed by atoms with Gasteiger partial charge in [-0.2, -0.15) is 0 Å². The van der Waals surface area contributed by atoms with E-state index in [4.69, 9.17) is 27.8 Å². The summed E-state index contributed by atoms with van der Waals surface area (Å²) >= 11 is 5.77. The van der Waals surface area contributed by atoms with E-state index < -0.39 is 11.3 Å². The number of ether oxygens (including phenoxy) is 1. The van der Waals surface area contributed by atoms with Gasteiger partial charge in [-0.05, 0) is 19.4 Å². The van der Waals surface area contributed by atoms with Gasteiger partial charge >= 0.3 is 5.97 Å². The zero-order valence-corrected chi connectivity index (χ0v) is 8.60. The Bertz CT molecular complexity index is 216. The fraction of sp³-hybridized carbons (Fsp3) is 0.625. The van der Waals surface area contributed by atoms with Crippen LogP contribution in [0.1, 0.15) is 13.8 Å². The van der Waals surface area contributed by atoms with Crippen LogP contribution < -0.4 is 11.5 Å². The van der Waals surface area contributed by atoms with Crippen LogP contribution >= 0.6 is 11.6 Å². The molecule has 0 saturated carbocycles. The fourth-order valence-electron chi connectivity index (χ4n) is 0.716. The molecular weight excluding hydrogens is 192 g/mol. The smallest absolute Gasteiger partial charge is 0.328 e. The van der Waals surface area contributed by atoms with Gasteiger partial charge in [-0.25, -0.2) is 0 Å². The van der Waals surface area contributed by atoms with E-state index in [1.54, 1.807) is 13.8 Å². The Hall–Kier alpha value is -0.740. The summed E-state index contributed by atoms with van der Waals surface area (Å²) < 4.78 is 4.72. The third kappa shape index (κ3) is 3.65. The highest BCUT2D eigenvalue weighted by atomic mass is 35.5. The normalized spacial score (nSPS) is 14.8. The fourth-order valence-corrected chi connectivity index (χ4v) is 0.919. The van der Waals surface area contributed by atoms with Crippen molar-refractivity contribution in [2.75, 3.05) is 13.2 Å². The number of carbonyl (C=O) groups is 1. The highest BCUT2D eigenvalue weighted by Crippen LogP contribution is 2.12. The third-order valence-corrected chi connectivity index (χ3v) is 2.11. The van der Waals surface area contributed by atoms with Crippen molar-refractivity contribution in [1.82, 2.24) is 0 Å². The summed E-state index contributed by atoms with van der Waals surface area (Å²) in [6.07, 6.45) is 0. The van der Waals surface area contributed by atoms with Crippen LogP contribution in [0.25, 0.3) is 0 Å². The van der Waals surface area contributed by atoms with E-state index in [9.17, 15) is 4.79 Å². The van der Waals surface area contributed by atoms with Crippen LogP contribution in [-0.4, -0.2) is 24.5 Å². The second-order valence-corrected chi connectivity index (χ2v) is 2.96. The van der Waals surface area contributed by atoms with Crippen molar-refractivity contribution in [3.8, 4) is 0 Å². The minimum atomic E-state index is -0.830. The molecule has 0 rings (SSSR count). The number of halogens is 1. The van der Waals surface area contributed by atoms with Crippen molar-refractivity contribution in [3.05, 3.63) is 11.3 Å². The number of esters is 1. The van der Waals surface area contributed by atoms with E-state index >= 15 is 0 Å². The third-order valence-electron chi connectivity index (χ3n) is 1.60. The lowest BCUT2D eigenvalue weighted by molar-refractivity contribution is -0.141. The summed E-state index contributed by atoms with van der Waals surface area (Å²) in [4.78, 5) is 11.1. The maximum atomic E-state index is 11.1. The average Bonchev–Trinajstić information content (AvgIpc) is 2.14. The predicted molar refractivity (Wildman–Crippen MR) is 52.2 cm³/mol. The summed E-state index contributed by atoms with van der Waals surface area (Å²) in [7, 11) is 0. The topological polar surface area (TPSA) is 78.3 Å². The molecule has 0 saturated heterocycles. The van der Waals surface area contributed by atoms with Crippen LogP contribution in [0.2, 0.25) is 0 Å². The van der Waals surface area contributed by atoms with Crippen molar-refractivity contribution in [1.29, 1.82) is 0 Å². The average molecular weight is 207 g/mol. The molecule has 4 N–H and O–H groups in total. The van der Waals surface area contributed by atoms with Crippen molar-refractivity contribution >= 4 is 17.6 Å². The van der Waals surface area contributed by atoms with Crippen LogP contribution in [0.4, 0.5) is 0 Å². The molecule has 0 aromatic rings. The summed E-state index contributed by atoms with van der Waals surface area (Å²) in [6, 6.07) is 0. The molecular formula is C8H15ClN2O2. The van der Waals surface area contributed by atoms with E-state index in [2.05, 4.69) is 0 Å². The summed E-state index contributed by atoms with van der Waals surface area (Å²) in [5.41, 5.74) is 11.8. The Morgan fingerprint density at radius 2 is 2.15 bits per heavy atom. The monoisotopic (exact) mass is 206 g/mol. The maximum absolute atomic E-state index is 11.1. The number of nitrogens with two attached hydrogens (primary N) is 2. The van der Waals surface area contributed by atoms with Crippen molar-refractivity contribution in [2.24, 2.45) is 11.5 Å². The van der Waals surface area contributed by atoms with Gasteiger partial charge in [0.15, 0.2) is 5.38 Å². The molecule has 1 unspecified atom stereocenters. The number of rotatable bonds is 4. The molecule has 0 spiro atoms. The highest BCUT2D eigenvalue weighted by Gasteiger charge is 2.19. The lowest BCUT2D eigenvalue weighted by Gasteiger charge is -2.11. The first-order valence-electron chi connectivity index (χ1n) is 4.00. The minimum Gasteiger partial charge on any atom is -0.465 e. The maximum Gasteiger partial charge on any atom is 0.328 e. The highest BCUT2D eigenvalue weighted by molar-refractivity contribution is 6.31. The van der Waals surface area contributed by atoms with Gasteiger partial charge in [0.25, 0.3) is 0 Å². The zero-order chi connectivity index (χ0) is 10.4. The van der Waals surface area contributed by atoms with Crippen molar-refractivity contribution < 1.29 is 9.53 Å². The van der Waals surface area contributed by atoms with Gasteiger partial charge in [0.2, 0.25) is 0 Å². The lowest BCUT2D eigenvalue weighted by atomic mass is 10.1. The molecule has 0 aliphatic rings. The van der Waals surface area contributed by atoms with Gasteiger partial charge < -0.3 is 16.2 Å². The van der Waals surface area contributed by atoms with Gasteiger partial charge in [-0.1, -0.05) is 0 Å². The second kappa shape index (κ2) is 5.83. The summed E-state index contributed by atoms with van der Waals surface area (Å²) in [5.74, 6) is -0.488. The van der Waals surface area contributed by atoms with E-state index in [1.807, 2.05) is 0 Å². The van der Waals surface area contributed by atoms with Crippen LogP contribution in [0, 0.1) is 0 Å². The standard InChI is InChI=1S/C8H15ClN2O2/c1-3-13-8(12)7(9)5(2)6(11)4-10/h7H,3-4,10-11H2,1-2H3. The Morgan fingerprint density at radius 3 is 2.54 bits per heavy atom. The molecule has 0 aliphatic carbocycles. The SMILES string of the molecule is CCOC(=O)C(Cl)C(C)=C(N)CN. The van der Waals surface area contributed by atoms with Crippen LogP contribution in [-0.2, 0) is 9.53 Å². The molecule has 1 atom stereocenters. The van der Waals surface area contributed by atoms with E-state index in [1.165, 1.54) is 0 Å². The molecule has 0 fully saturated rings. The Balaban J connectivity index is 4.41.